The van der Waals surface area contributed by atoms with Crippen LogP contribution < -0.4 is 10.6 Å². The number of urea groups is 1. The molecule has 1 aromatic carbocycles. The maximum absolute atomic E-state index is 12.1. The van der Waals surface area contributed by atoms with E-state index in [1.54, 1.807) is 10.9 Å². The summed E-state index contributed by atoms with van der Waals surface area (Å²) in [6.07, 6.45) is 3.03. The van der Waals surface area contributed by atoms with Crippen molar-refractivity contribution in [2.24, 2.45) is 7.05 Å². The molecule has 118 valence electrons. The van der Waals surface area contributed by atoms with Crippen LogP contribution in [0.25, 0.3) is 0 Å². The van der Waals surface area contributed by atoms with Crippen LogP contribution >= 0.6 is 0 Å². The van der Waals surface area contributed by atoms with Crippen molar-refractivity contribution in [1.82, 2.24) is 20.4 Å². The van der Waals surface area contributed by atoms with E-state index in [1.807, 2.05) is 43.4 Å². The summed E-state index contributed by atoms with van der Waals surface area (Å²) in [6, 6.07) is 11.3. The number of aliphatic hydroxyl groups excluding tert-OH is 1. The van der Waals surface area contributed by atoms with Gasteiger partial charge in [0.2, 0.25) is 0 Å². The standard InChI is InChI=1S/C16H22N4O2/c1-20-14(9-10-18-20)12-17-16(22)19-15(8-5-11-21)13-6-3-2-4-7-13/h2-4,6-7,9-10,15,21H,5,8,11-12H2,1H3,(H2,17,19,22). The Bertz CT molecular complexity index is 583. The fraction of sp³-hybridized carbons (Fsp3) is 0.375. The molecule has 0 radical (unpaired) electrons. The second kappa shape index (κ2) is 8.19. The molecule has 0 aliphatic rings. The molecule has 2 amide bonds. The molecule has 1 atom stereocenters. The number of hydrogen-bond donors (Lipinski definition) is 3. The second-order valence-corrected chi connectivity index (χ2v) is 5.10. The number of aryl methyl sites for hydroxylation is 1. The van der Waals surface area contributed by atoms with Gasteiger partial charge < -0.3 is 15.7 Å². The first-order valence-electron chi connectivity index (χ1n) is 7.37. The van der Waals surface area contributed by atoms with Crippen LogP contribution in [0.2, 0.25) is 0 Å². The molecule has 0 spiro atoms. The minimum absolute atomic E-state index is 0.111. The van der Waals surface area contributed by atoms with Crippen molar-refractivity contribution in [2.75, 3.05) is 6.61 Å². The number of benzene rings is 1. The number of carbonyl (C=O) groups excluding carboxylic acids is 1. The van der Waals surface area contributed by atoms with Gasteiger partial charge in [0.25, 0.3) is 0 Å². The molecular formula is C16H22N4O2. The van der Waals surface area contributed by atoms with Crippen molar-refractivity contribution in [3.63, 3.8) is 0 Å². The summed E-state index contributed by atoms with van der Waals surface area (Å²) in [6.45, 7) is 0.533. The highest BCUT2D eigenvalue weighted by atomic mass is 16.3. The van der Waals surface area contributed by atoms with Gasteiger partial charge in [0.05, 0.1) is 18.3 Å². The molecule has 6 nitrogen and oxygen atoms in total. The summed E-state index contributed by atoms with van der Waals surface area (Å²) < 4.78 is 1.72. The molecule has 22 heavy (non-hydrogen) atoms. The fourth-order valence-corrected chi connectivity index (χ4v) is 2.26. The Kier molecular flexibility index (Phi) is 5.97. The first-order valence-corrected chi connectivity index (χ1v) is 7.37. The fourth-order valence-electron chi connectivity index (χ4n) is 2.26. The Morgan fingerprint density at radius 2 is 2.09 bits per heavy atom. The van der Waals surface area contributed by atoms with Crippen molar-refractivity contribution in [3.05, 3.63) is 53.9 Å². The minimum atomic E-state index is -0.229. The van der Waals surface area contributed by atoms with Crippen LogP contribution in [0.4, 0.5) is 4.79 Å². The van der Waals surface area contributed by atoms with Gasteiger partial charge in [-0.3, -0.25) is 4.68 Å². The topological polar surface area (TPSA) is 79.2 Å². The van der Waals surface area contributed by atoms with E-state index in [4.69, 9.17) is 5.11 Å². The lowest BCUT2D eigenvalue weighted by atomic mass is 10.0. The predicted octanol–water partition coefficient (Wildman–Crippen LogP) is 1.73. The lowest BCUT2D eigenvalue weighted by molar-refractivity contribution is 0.232. The molecule has 0 bridgehead atoms. The van der Waals surface area contributed by atoms with Crippen molar-refractivity contribution < 1.29 is 9.90 Å². The SMILES string of the molecule is Cn1nccc1CNC(=O)NC(CCCO)c1ccccc1. The zero-order chi connectivity index (χ0) is 15.8. The third kappa shape index (κ3) is 4.60. The van der Waals surface area contributed by atoms with Gasteiger partial charge >= 0.3 is 6.03 Å². The van der Waals surface area contributed by atoms with E-state index in [2.05, 4.69) is 15.7 Å². The smallest absolute Gasteiger partial charge is 0.315 e. The van der Waals surface area contributed by atoms with Crippen LogP contribution in [0.1, 0.15) is 30.1 Å². The number of aromatic nitrogens is 2. The summed E-state index contributed by atoms with van der Waals surface area (Å²) in [5, 5.41) is 18.9. The second-order valence-electron chi connectivity index (χ2n) is 5.10. The van der Waals surface area contributed by atoms with Gasteiger partial charge in [-0.2, -0.15) is 5.10 Å². The van der Waals surface area contributed by atoms with Gasteiger partial charge in [0.15, 0.2) is 0 Å². The first-order chi connectivity index (χ1) is 10.7. The highest BCUT2D eigenvalue weighted by molar-refractivity contribution is 5.74. The van der Waals surface area contributed by atoms with Gasteiger partial charge in [-0.25, -0.2) is 4.79 Å². The lowest BCUT2D eigenvalue weighted by Gasteiger charge is -2.19. The summed E-state index contributed by atoms with van der Waals surface area (Å²) >= 11 is 0. The summed E-state index contributed by atoms with van der Waals surface area (Å²) in [7, 11) is 1.84. The van der Waals surface area contributed by atoms with Crippen LogP contribution in [-0.4, -0.2) is 27.5 Å². The van der Waals surface area contributed by atoms with E-state index in [-0.39, 0.29) is 18.7 Å². The summed E-state index contributed by atoms with van der Waals surface area (Å²) in [5.74, 6) is 0. The van der Waals surface area contributed by atoms with E-state index in [0.717, 1.165) is 11.3 Å². The number of rotatable bonds is 7. The molecule has 1 heterocycles. The Hall–Kier alpha value is -2.34. The minimum Gasteiger partial charge on any atom is -0.396 e. The highest BCUT2D eigenvalue weighted by Gasteiger charge is 2.14. The Morgan fingerprint density at radius 1 is 1.32 bits per heavy atom. The number of amides is 2. The van der Waals surface area contributed by atoms with Crippen LogP contribution in [-0.2, 0) is 13.6 Å². The Morgan fingerprint density at radius 3 is 2.73 bits per heavy atom. The monoisotopic (exact) mass is 302 g/mol. The van der Waals surface area contributed by atoms with Crippen LogP contribution in [0.5, 0.6) is 0 Å². The maximum atomic E-state index is 12.1. The first kappa shape index (κ1) is 16.0. The molecule has 2 rings (SSSR count). The predicted molar refractivity (Wildman–Crippen MR) is 84.1 cm³/mol. The average molecular weight is 302 g/mol. The molecule has 0 saturated heterocycles. The van der Waals surface area contributed by atoms with E-state index >= 15 is 0 Å². The maximum Gasteiger partial charge on any atom is 0.315 e. The van der Waals surface area contributed by atoms with Gasteiger partial charge in [-0.15, -0.1) is 0 Å². The average Bonchev–Trinajstić information content (AvgIpc) is 2.95. The van der Waals surface area contributed by atoms with E-state index < -0.39 is 0 Å². The molecule has 0 aliphatic heterocycles. The summed E-state index contributed by atoms with van der Waals surface area (Å²) in [5.41, 5.74) is 1.97. The molecule has 1 unspecified atom stereocenters. The van der Waals surface area contributed by atoms with Gasteiger partial charge in [-0.1, -0.05) is 30.3 Å². The van der Waals surface area contributed by atoms with E-state index in [9.17, 15) is 4.79 Å². The molecule has 2 aromatic rings. The number of aliphatic hydroxyl groups is 1. The largest absolute Gasteiger partial charge is 0.396 e. The molecule has 3 N–H and O–H groups in total. The summed E-state index contributed by atoms with van der Waals surface area (Å²) in [4.78, 5) is 12.1. The number of hydrogen-bond acceptors (Lipinski definition) is 3. The Balaban J connectivity index is 1.91. The molecule has 1 aromatic heterocycles. The van der Waals surface area contributed by atoms with Crippen LogP contribution in [0, 0.1) is 0 Å². The Labute approximate surface area is 130 Å². The van der Waals surface area contributed by atoms with Gasteiger partial charge in [-0.05, 0) is 24.5 Å². The molecule has 0 saturated carbocycles. The van der Waals surface area contributed by atoms with Crippen molar-refractivity contribution in [2.45, 2.75) is 25.4 Å². The van der Waals surface area contributed by atoms with Crippen molar-refractivity contribution >= 4 is 6.03 Å². The third-order valence-electron chi connectivity index (χ3n) is 3.51. The van der Waals surface area contributed by atoms with Crippen LogP contribution in [0.15, 0.2) is 42.6 Å². The van der Waals surface area contributed by atoms with E-state index in [1.165, 1.54) is 0 Å². The number of nitrogens with zero attached hydrogens (tertiary/aromatic N) is 2. The molecular weight excluding hydrogens is 280 g/mol. The highest BCUT2D eigenvalue weighted by Crippen LogP contribution is 2.17. The zero-order valence-corrected chi connectivity index (χ0v) is 12.7. The lowest BCUT2D eigenvalue weighted by Crippen LogP contribution is -2.38. The van der Waals surface area contributed by atoms with E-state index in [0.29, 0.717) is 19.4 Å². The molecule has 6 heteroatoms. The van der Waals surface area contributed by atoms with Gasteiger partial charge in [0, 0.05) is 19.9 Å². The van der Waals surface area contributed by atoms with Crippen LogP contribution in [0.3, 0.4) is 0 Å². The molecule has 0 fully saturated rings. The number of nitrogens with one attached hydrogen (secondary N) is 2. The molecule has 0 aliphatic carbocycles. The van der Waals surface area contributed by atoms with Gasteiger partial charge in [0.1, 0.15) is 0 Å². The third-order valence-corrected chi connectivity index (χ3v) is 3.51. The van der Waals surface area contributed by atoms with Crippen molar-refractivity contribution in [3.8, 4) is 0 Å². The quantitative estimate of drug-likeness (QED) is 0.729. The zero-order valence-electron chi connectivity index (χ0n) is 12.7. The van der Waals surface area contributed by atoms with Crippen molar-refractivity contribution in [1.29, 1.82) is 0 Å². The number of carbonyl (C=O) groups is 1. The normalized spacial score (nSPS) is 11.9.